The van der Waals surface area contributed by atoms with Crippen LogP contribution in [0.15, 0.2) is 0 Å². The van der Waals surface area contributed by atoms with Crippen LogP contribution >= 0.6 is 0 Å². The smallest absolute Gasteiger partial charge is 0.315 e. The number of urea groups is 1. The SMILES string of the molecule is CCC1CCCC(NC(=O)NCC(C)CC(=O)O)C1. The lowest BCUT2D eigenvalue weighted by molar-refractivity contribution is -0.137. The Bertz CT molecular complexity index is 307. The summed E-state index contributed by atoms with van der Waals surface area (Å²) in [6.07, 6.45) is 5.82. The van der Waals surface area contributed by atoms with Gasteiger partial charge in [-0.3, -0.25) is 4.79 Å². The average Bonchev–Trinajstić information content (AvgIpc) is 2.36. The van der Waals surface area contributed by atoms with Crippen LogP contribution in [0.2, 0.25) is 0 Å². The van der Waals surface area contributed by atoms with Crippen molar-refractivity contribution in [3.63, 3.8) is 0 Å². The second-order valence-electron chi connectivity index (χ2n) is 5.70. The molecule has 1 aliphatic rings. The molecule has 0 aromatic rings. The summed E-state index contributed by atoms with van der Waals surface area (Å²) in [6, 6.07) is 0.104. The standard InChI is InChI=1S/C14H26N2O3/c1-3-11-5-4-6-12(8-11)16-14(19)15-9-10(2)7-13(17)18/h10-12H,3-9H2,1-2H3,(H,17,18)(H2,15,16,19). The van der Waals surface area contributed by atoms with Gasteiger partial charge >= 0.3 is 12.0 Å². The molecule has 1 saturated carbocycles. The molecule has 2 amide bonds. The van der Waals surface area contributed by atoms with Gasteiger partial charge in [0.15, 0.2) is 0 Å². The third kappa shape index (κ3) is 6.45. The highest BCUT2D eigenvalue weighted by molar-refractivity contribution is 5.74. The van der Waals surface area contributed by atoms with Crippen LogP contribution in [0, 0.1) is 11.8 Å². The first kappa shape index (κ1) is 15.8. The Labute approximate surface area is 115 Å². The molecule has 0 heterocycles. The van der Waals surface area contributed by atoms with E-state index in [4.69, 9.17) is 5.11 Å². The zero-order chi connectivity index (χ0) is 14.3. The first-order valence-electron chi connectivity index (χ1n) is 7.27. The van der Waals surface area contributed by atoms with Gasteiger partial charge < -0.3 is 15.7 Å². The zero-order valence-corrected chi connectivity index (χ0v) is 11.9. The summed E-state index contributed by atoms with van der Waals surface area (Å²) >= 11 is 0. The molecule has 1 rings (SSSR count). The number of carboxylic acids is 1. The van der Waals surface area contributed by atoms with Crippen LogP contribution in [0.25, 0.3) is 0 Å². The van der Waals surface area contributed by atoms with E-state index in [0.717, 1.165) is 18.8 Å². The zero-order valence-electron chi connectivity index (χ0n) is 11.9. The molecule has 3 atom stereocenters. The highest BCUT2D eigenvalue weighted by atomic mass is 16.4. The minimum Gasteiger partial charge on any atom is -0.481 e. The van der Waals surface area contributed by atoms with Gasteiger partial charge in [0.25, 0.3) is 0 Å². The number of amides is 2. The molecule has 19 heavy (non-hydrogen) atoms. The summed E-state index contributed by atoms with van der Waals surface area (Å²) in [5.74, 6) is -0.143. The Kier molecular flexibility index (Phi) is 6.67. The van der Waals surface area contributed by atoms with Crippen molar-refractivity contribution >= 4 is 12.0 Å². The van der Waals surface area contributed by atoms with Crippen LogP contribution < -0.4 is 10.6 Å². The summed E-state index contributed by atoms with van der Waals surface area (Å²) in [5, 5.41) is 14.4. The maximum Gasteiger partial charge on any atom is 0.315 e. The molecule has 1 aliphatic carbocycles. The topological polar surface area (TPSA) is 78.4 Å². The number of rotatable bonds is 6. The molecular weight excluding hydrogens is 244 g/mol. The molecule has 5 nitrogen and oxygen atoms in total. The van der Waals surface area contributed by atoms with E-state index in [1.807, 2.05) is 6.92 Å². The van der Waals surface area contributed by atoms with Gasteiger partial charge in [-0.15, -0.1) is 0 Å². The number of aliphatic carboxylic acids is 1. The summed E-state index contributed by atoms with van der Waals surface area (Å²) < 4.78 is 0. The van der Waals surface area contributed by atoms with Crippen molar-refractivity contribution in [2.24, 2.45) is 11.8 Å². The summed E-state index contributed by atoms with van der Waals surface area (Å²) in [7, 11) is 0. The van der Waals surface area contributed by atoms with Crippen LogP contribution in [0.4, 0.5) is 4.79 Å². The third-order valence-electron chi connectivity index (χ3n) is 3.83. The normalized spacial score (nSPS) is 24.5. The summed E-state index contributed by atoms with van der Waals surface area (Å²) in [4.78, 5) is 22.2. The fraction of sp³-hybridized carbons (Fsp3) is 0.857. The Morgan fingerprint density at radius 3 is 2.74 bits per heavy atom. The molecule has 110 valence electrons. The largest absolute Gasteiger partial charge is 0.481 e. The van der Waals surface area contributed by atoms with Gasteiger partial charge in [0.1, 0.15) is 0 Å². The van der Waals surface area contributed by atoms with Gasteiger partial charge in [-0.1, -0.05) is 33.1 Å². The van der Waals surface area contributed by atoms with Crippen LogP contribution in [-0.2, 0) is 4.79 Å². The Morgan fingerprint density at radius 1 is 1.37 bits per heavy atom. The minimum absolute atomic E-state index is 0.0435. The lowest BCUT2D eigenvalue weighted by atomic mass is 9.84. The number of hydrogen-bond donors (Lipinski definition) is 3. The monoisotopic (exact) mass is 270 g/mol. The van der Waals surface area contributed by atoms with Crippen molar-refractivity contribution in [2.45, 2.75) is 58.4 Å². The number of carbonyl (C=O) groups is 2. The highest BCUT2D eigenvalue weighted by Gasteiger charge is 2.22. The summed E-state index contributed by atoms with van der Waals surface area (Å²) in [6.45, 7) is 4.42. The lowest BCUT2D eigenvalue weighted by Gasteiger charge is -2.29. The van der Waals surface area contributed by atoms with Crippen LogP contribution in [0.5, 0.6) is 0 Å². The van der Waals surface area contributed by atoms with Gasteiger partial charge in [0.2, 0.25) is 0 Å². The third-order valence-corrected chi connectivity index (χ3v) is 3.83. The first-order valence-corrected chi connectivity index (χ1v) is 7.27. The Hall–Kier alpha value is -1.26. The highest BCUT2D eigenvalue weighted by Crippen LogP contribution is 2.26. The lowest BCUT2D eigenvalue weighted by Crippen LogP contribution is -2.45. The van der Waals surface area contributed by atoms with Gasteiger partial charge in [-0.25, -0.2) is 4.79 Å². The number of carbonyl (C=O) groups excluding carboxylic acids is 1. The van der Waals surface area contributed by atoms with E-state index in [-0.39, 0.29) is 24.4 Å². The maximum absolute atomic E-state index is 11.7. The average molecular weight is 270 g/mol. The van der Waals surface area contributed by atoms with Crippen molar-refractivity contribution in [3.8, 4) is 0 Å². The molecular formula is C14H26N2O3. The van der Waals surface area contributed by atoms with Gasteiger partial charge in [0.05, 0.1) is 0 Å². The van der Waals surface area contributed by atoms with Crippen LogP contribution in [0.3, 0.4) is 0 Å². The molecule has 1 fully saturated rings. The molecule has 3 N–H and O–H groups in total. The maximum atomic E-state index is 11.7. The molecule has 0 aliphatic heterocycles. The van der Waals surface area contributed by atoms with E-state index in [0.29, 0.717) is 6.54 Å². The number of hydrogen-bond acceptors (Lipinski definition) is 2. The second-order valence-corrected chi connectivity index (χ2v) is 5.70. The van der Waals surface area contributed by atoms with Crippen molar-refractivity contribution in [1.29, 1.82) is 0 Å². The van der Waals surface area contributed by atoms with Gasteiger partial charge in [-0.05, 0) is 24.7 Å². The van der Waals surface area contributed by atoms with Crippen molar-refractivity contribution < 1.29 is 14.7 Å². The fourth-order valence-corrected chi connectivity index (χ4v) is 2.67. The Morgan fingerprint density at radius 2 is 2.11 bits per heavy atom. The van der Waals surface area contributed by atoms with E-state index in [2.05, 4.69) is 17.6 Å². The van der Waals surface area contributed by atoms with Crippen LogP contribution in [0.1, 0.15) is 52.4 Å². The molecule has 0 radical (unpaired) electrons. The predicted octanol–water partition coefficient (Wildman–Crippen LogP) is 2.37. The summed E-state index contributed by atoms with van der Waals surface area (Å²) in [5.41, 5.74) is 0. The quantitative estimate of drug-likeness (QED) is 0.693. The van der Waals surface area contributed by atoms with Crippen molar-refractivity contribution in [3.05, 3.63) is 0 Å². The molecule has 0 aromatic heterocycles. The van der Waals surface area contributed by atoms with E-state index in [1.54, 1.807) is 0 Å². The molecule has 0 aromatic carbocycles. The first-order chi connectivity index (χ1) is 9.01. The second kappa shape index (κ2) is 8.02. The molecule has 0 spiro atoms. The minimum atomic E-state index is -0.826. The Balaban J connectivity index is 2.21. The van der Waals surface area contributed by atoms with Gasteiger partial charge in [0, 0.05) is 19.0 Å². The fourth-order valence-electron chi connectivity index (χ4n) is 2.67. The number of nitrogens with one attached hydrogen (secondary N) is 2. The van der Waals surface area contributed by atoms with E-state index in [9.17, 15) is 9.59 Å². The van der Waals surface area contributed by atoms with Crippen molar-refractivity contribution in [2.75, 3.05) is 6.54 Å². The molecule has 0 bridgehead atoms. The van der Waals surface area contributed by atoms with Gasteiger partial charge in [-0.2, -0.15) is 0 Å². The van der Waals surface area contributed by atoms with Crippen molar-refractivity contribution in [1.82, 2.24) is 10.6 Å². The van der Waals surface area contributed by atoms with Crippen LogP contribution in [-0.4, -0.2) is 29.7 Å². The molecule has 0 saturated heterocycles. The van der Waals surface area contributed by atoms with E-state index >= 15 is 0 Å². The predicted molar refractivity (Wildman–Crippen MR) is 74.0 cm³/mol. The number of carboxylic acid groups (broad SMARTS) is 1. The molecule has 3 unspecified atom stereocenters. The van der Waals surface area contributed by atoms with E-state index in [1.165, 1.54) is 19.3 Å². The van der Waals surface area contributed by atoms with E-state index < -0.39 is 5.97 Å². The molecule has 5 heteroatoms.